The number of rotatable bonds is 5. The zero-order valence-electron chi connectivity index (χ0n) is 20.3. The first-order valence-electron chi connectivity index (χ1n) is 12.6. The first-order valence-corrected chi connectivity index (χ1v) is 12.6. The second-order valence-corrected chi connectivity index (χ2v) is 10.1. The van der Waals surface area contributed by atoms with E-state index in [-0.39, 0.29) is 23.8 Å². The Bertz CT molecular complexity index is 1110. The Kier molecular flexibility index (Phi) is 6.59. The van der Waals surface area contributed by atoms with Crippen LogP contribution in [0.3, 0.4) is 0 Å². The fraction of sp³-hybridized carbons (Fsp3) is 0.464. The summed E-state index contributed by atoms with van der Waals surface area (Å²) in [4.78, 5) is 29.6. The van der Waals surface area contributed by atoms with E-state index in [1.54, 1.807) is 0 Å². The monoisotopic (exact) mass is 471 g/mol. The molecule has 7 heteroatoms. The zero-order chi connectivity index (χ0) is 24.4. The molecule has 1 aliphatic carbocycles. The maximum Gasteiger partial charge on any atom is 0.253 e. The van der Waals surface area contributed by atoms with Crippen molar-refractivity contribution in [3.63, 3.8) is 0 Å². The Morgan fingerprint density at radius 1 is 1.00 bits per heavy atom. The first kappa shape index (κ1) is 23.5. The number of carbonyl (C=O) groups is 2. The molecule has 1 unspecified atom stereocenters. The Labute approximate surface area is 207 Å². The van der Waals surface area contributed by atoms with Gasteiger partial charge < -0.3 is 20.4 Å². The summed E-state index contributed by atoms with van der Waals surface area (Å²) >= 11 is 0. The average molecular weight is 472 g/mol. The Morgan fingerprint density at radius 2 is 1.66 bits per heavy atom. The van der Waals surface area contributed by atoms with Crippen LogP contribution in [0.15, 0.2) is 48.5 Å². The van der Waals surface area contributed by atoms with Gasteiger partial charge in [0.05, 0.1) is 12.1 Å². The standard InChI is InChI=1S/C28H33N5O2/c1-32-14-16-33(17-15-32)27(35)23-11-7-21(8-12-23)20-5-9-22(10-6-20)24-18-28(24,19-29)31-26(34)25-4-2-3-13-30-25/h5-12,24-25,30H,2-4,13-18H2,1H3,(H,31,34)/t24-,25-,28?/m0/s1. The molecular weight excluding hydrogens is 438 g/mol. The van der Waals surface area contributed by atoms with Gasteiger partial charge in [0.25, 0.3) is 5.91 Å². The second kappa shape index (κ2) is 9.80. The lowest BCUT2D eigenvalue weighted by atomic mass is 9.99. The number of nitrogens with zero attached hydrogens (tertiary/aromatic N) is 3. The van der Waals surface area contributed by atoms with Gasteiger partial charge in [-0.15, -0.1) is 0 Å². The van der Waals surface area contributed by atoms with Crippen molar-refractivity contribution in [3.05, 3.63) is 59.7 Å². The highest BCUT2D eigenvalue weighted by Crippen LogP contribution is 2.51. The summed E-state index contributed by atoms with van der Waals surface area (Å²) in [6.45, 7) is 4.20. The lowest BCUT2D eigenvalue weighted by Gasteiger charge is -2.32. The molecule has 2 aromatic rings. The van der Waals surface area contributed by atoms with Crippen LogP contribution in [0.1, 0.15) is 47.5 Å². The van der Waals surface area contributed by atoms with Gasteiger partial charge in [-0.3, -0.25) is 9.59 Å². The zero-order valence-corrected chi connectivity index (χ0v) is 20.3. The van der Waals surface area contributed by atoms with Crippen molar-refractivity contribution in [1.82, 2.24) is 20.4 Å². The van der Waals surface area contributed by atoms with Crippen LogP contribution in [-0.4, -0.2) is 73.0 Å². The minimum absolute atomic E-state index is 0.0117. The maximum atomic E-state index is 12.8. The number of nitrogens with one attached hydrogen (secondary N) is 2. The number of nitriles is 1. The van der Waals surface area contributed by atoms with Crippen molar-refractivity contribution in [2.75, 3.05) is 39.8 Å². The minimum atomic E-state index is -0.803. The molecule has 2 saturated heterocycles. The predicted octanol–water partition coefficient (Wildman–Crippen LogP) is 2.75. The molecule has 7 nitrogen and oxygen atoms in total. The molecule has 3 fully saturated rings. The van der Waals surface area contributed by atoms with Crippen LogP contribution >= 0.6 is 0 Å². The number of amides is 2. The molecule has 2 heterocycles. The molecule has 3 aliphatic rings. The van der Waals surface area contributed by atoms with E-state index in [0.29, 0.717) is 6.42 Å². The molecule has 3 atom stereocenters. The van der Waals surface area contributed by atoms with Gasteiger partial charge in [0, 0.05) is 37.7 Å². The summed E-state index contributed by atoms with van der Waals surface area (Å²) in [5.41, 5.74) is 3.09. The fourth-order valence-corrected chi connectivity index (χ4v) is 5.24. The van der Waals surface area contributed by atoms with Crippen molar-refractivity contribution in [3.8, 4) is 17.2 Å². The van der Waals surface area contributed by atoms with E-state index in [1.807, 2.05) is 41.3 Å². The third kappa shape index (κ3) is 4.95. The van der Waals surface area contributed by atoms with Gasteiger partial charge in [0.1, 0.15) is 5.54 Å². The molecule has 35 heavy (non-hydrogen) atoms. The summed E-state index contributed by atoms with van der Waals surface area (Å²) in [5.74, 6) is 0.0429. The van der Waals surface area contributed by atoms with Crippen LogP contribution in [0.5, 0.6) is 0 Å². The van der Waals surface area contributed by atoms with Crippen molar-refractivity contribution < 1.29 is 9.59 Å². The van der Waals surface area contributed by atoms with E-state index < -0.39 is 5.54 Å². The third-order valence-corrected chi connectivity index (χ3v) is 7.70. The maximum absolute atomic E-state index is 12.8. The van der Waals surface area contributed by atoms with E-state index in [0.717, 1.165) is 74.2 Å². The average Bonchev–Trinajstić information content (AvgIpc) is 3.63. The minimum Gasteiger partial charge on any atom is -0.336 e. The highest BCUT2D eigenvalue weighted by atomic mass is 16.2. The van der Waals surface area contributed by atoms with E-state index in [1.165, 1.54) is 0 Å². The molecule has 182 valence electrons. The number of carbonyl (C=O) groups excluding carboxylic acids is 2. The molecule has 0 radical (unpaired) electrons. The van der Waals surface area contributed by atoms with Gasteiger partial charge in [-0.05, 0) is 61.7 Å². The van der Waals surface area contributed by atoms with E-state index in [9.17, 15) is 14.9 Å². The van der Waals surface area contributed by atoms with Gasteiger partial charge in [-0.1, -0.05) is 42.8 Å². The lowest BCUT2D eigenvalue weighted by Crippen LogP contribution is -2.50. The Hall–Kier alpha value is -3.21. The van der Waals surface area contributed by atoms with Crippen molar-refractivity contribution in [1.29, 1.82) is 5.26 Å². The van der Waals surface area contributed by atoms with E-state index in [4.69, 9.17) is 0 Å². The number of piperidine rings is 1. The highest BCUT2D eigenvalue weighted by molar-refractivity contribution is 5.94. The summed E-state index contributed by atoms with van der Waals surface area (Å²) in [7, 11) is 2.08. The molecule has 1 saturated carbocycles. The molecule has 2 aromatic carbocycles. The quantitative estimate of drug-likeness (QED) is 0.700. The number of hydrogen-bond donors (Lipinski definition) is 2. The molecule has 2 N–H and O–H groups in total. The third-order valence-electron chi connectivity index (χ3n) is 7.70. The fourth-order valence-electron chi connectivity index (χ4n) is 5.24. The van der Waals surface area contributed by atoms with Gasteiger partial charge in [0.15, 0.2) is 0 Å². The number of benzene rings is 2. The number of hydrogen-bond acceptors (Lipinski definition) is 5. The molecule has 0 spiro atoms. The SMILES string of the molecule is CN1CCN(C(=O)c2ccc(-c3ccc([C@@H]4CC4(C#N)NC(=O)[C@@H]4CCCCN4)cc3)cc2)CC1. The molecule has 5 rings (SSSR count). The summed E-state index contributed by atoms with van der Waals surface area (Å²) < 4.78 is 0. The van der Waals surface area contributed by atoms with Gasteiger partial charge in [-0.25, -0.2) is 0 Å². The van der Waals surface area contributed by atoms with Crippen LogP contribution in [0.25, 0.3) is 11.1 Å². The van der Waals surface area contributed by atoms with Crippen LogP contribution in [0, 0.1) is 11.3 Å². The summed E-state index contributed by atoms with van der Waals surface area (Å²) in [6.07, 6.45) is 3.61. The predicted molar refractivity (Wildman–Crippen MR) is 135 cm³/mol. The number of piperazine rings is 1. The van der Waals surface area contributed by atoms with Crippen molar-refractivity contribution in [2.45, 2.75) is 43.2 Å². The van der Waals surface area contributed by atoms with Crippen LogP contribution in [0.4, 0.5) is 0 Å². The Balaban J connectivity index is 1.22. The molecule has 0 bridgehead atoms. The molecular formula is C28H33N5O2. The second-order valence-electron chi connectivity index (χ2n) is 10.1. The van der Waals surface area contributed by atoms with Gasteiger partial charge >= 0.3 is 0 Å². The van der Waals surface area contributed by atoms with Gasteiger partial charge in [0.2, 0.25) is 5.91 Å². The van der Waals surface area contributed by atoms with Crippen molar-refractivity contribution >= 4 is 11.8 Å². The van der Waals surface area contributed by atoms with E-state index in [2.05, 4.69) is 40.8 Å². The van der Waals surface area contributed by atoms with Crippen LogP contribution in [-0.2, 0) is 4.79 Å². The largest absolute Gasteiger partial charge is 0.336 e. The topological polar surface area (TPSA) is 88.5 Å². The summed E-state index contributed by atoms with van der Waals surface area (Å²) in [5, 5.41) is 16.1. The normalized spacial score (nSPS) is 26.6. The van der Waals surface area contributed by atoms with Gasteiger partial charge in [-0.2, -0.15) is 5.26 Å². The molecule has 2 amide bonds. The number of likely N-dealkylation sites (N-methyl/N-ethyl adjacent to an activating group) is 1. The highest BCUT2D eigenvalue weighted by Gasteiger charge is 2.57. The van der Waals surface area contributed by atoms with Crippen molar-refractivity contribution in [2.24, 2.45) is 0 Å². The Morgan fingerprint density at radius 3 is 2.26 bits per heavy atom. The first-order chi connectivity index (χ1) is 17.0. The molecule has 0 aromatic heterocycles. The van der Waals surface area contributed by atoms with E-state index >= 15 is 0 Å². The van der Waals surface area contributed by atoms with Crippen LogP contribution < -0.4 is 10.6 Å². The van der Waals surface area contributed by atoms with Crippen LogP contribution in [0.2, 0.25) is 0 Å². The molecule has 2 aliphatic heterocycles. The summed E-state index contributed by atoms with van der Waals surface area (Å²) in [6, 6.07) is 18.2. The smallest absolute Gasteiger partial charge is 0.253 e. The lowest BCUT2D eigenvalue weighted by molar-refractivity contribution is -0.124.